The number of nitrogens with zero attached hydrogens (tertiary/aromatic N) is 2. The number of hydrogen-bond acceptors (Lipinski definition) is 4. The Balaban J connectivity index is 2.77. The third-order valence-electron chi connectivity index (χ3n) is 2.90. The third-order valence-corrected chi connectivity index (χ3v) is 3.88. The molecule has 0 saturated heterocycles. The highest BCUT2D eigenvalue weighted by molar-refractivity contribution is 8.00. The van der Waals surface area contributed by atoms with Crippen molar-refractivity contribution in [1.29, 1.82) is 5.26 Å². The summed E-state index contributed by atoms with van der Waals surface area (Å²) in [6.07, 6.45) is -4.44. The van der Waals surface area contributed by atoms with Crippen molar-refractivity contribution >= 4 is 17.7 Å². The lowest BCUT2D eigenvalue weighted by atomic mass is 10.1. The number of halogens is 3. The Morgan fingerprint density at radius 2 is 1.95 bits per heavy atom. The van der Waals surface area contributed by atoms with E-state index in [9.17, 15) is 18.0 Å². The minimum Gasteiger partial charge on any atom is -0.346 e. The molecule has 0 aliphatic rings. The smallest absolute Gasteiger partial charge is 0.346 e. The first-order valence-electron chi connectivity index (χ1n) is 6.00. The maximum Gasteiger partial charge on any atom is 0.405 e. The van der Waals surface area contributed by atoms with Crippen LogP contribution >= 0.6 is 11.8 Å². The van der Waals surface area contributed by atoms with Gasteiger partial charge in [-0.15, -0.1) is 0 Å². The quantitative estimate of drug-likeness (QED) is 0.867. The molecular formula is C13H14F3N3OS. The van der Waals surface area contributed by atoms with Crippen LogP contribution in [0.1, 0.15) is 22.4 Å². The molecule has 0 saturated carbocycles. The number of alkyl halides is 3. The van der Waals surface area contributed by atoms with Gasteiger partial charge in [0.05, 0.1) is 11.3 Å². The summed E-state index contributed by atoms with van der Waals surface area (Å²) < 4.78 is 35.9. The normalized spacial score (nSPS) is 11.1. The number of rotatable bonds is 4. The molecule has 1 N–H and O–H groups in total. The highest BCUT2D eigenvalue weighted by Gasteiger charge is 2.27. The molecule has 4 nitrogen and oxygen atoms in total. The van der Waals surface area contributed by atoms with Crippen molar-refractivity contribution in [3.8, 4) is 6.07 Å². The fraction of sp³-hybridized carbons (Fsp3) is 0.462. The Labute approximate surface area is 124 Å². The minimum atomic E-state index is -4.44. The van der Waals surface area contributed by atoms with Gasteiger partial charge in [-0.1, -0.05) is 11.8 Å². The predicted octanol–water partition coefficient (Wildman–Crippen LogP) is 2.65. The number of aromatic nitrogens is 1. The van der Waals surface area contributed by atoms with Gasteiger partial charge < -0.3 is 5.32 Å². The van der Waals surface area contributed by atoms with Crippen LogP contribution in [0, 0.1) is 32.1 Å². The maximum atomic E-state index is 12.0. The molecule has 21 heavy (non-hydrogen) atoms. The third kappa shape index (κ3) is 4.93. The Morgan fingerprint density at radius 1 is 1.33 bits per heavy atom. The number of aryl methyl sites for hydroxylation is 1. The number of nitrogens with one attached hydrogen (secondary N) is 1. The SMILES string of the molecule is Cc1nc(SCC(=O)NCC(F)(F)F)c(C#N)c(C)c1C. The summed E-state index contributed by atoms with van der Waals surface area (Å²) in [5.41, 5.74) is 2.73. The first-order valence-corrected chi connectivity index (χ1v) is 6.98. The van der Waals surface area contributed by atoms with E-state index in [4.69, 9.17) is 5.26 Å². The highest BCUT2D eigenvalue weighted by atomic mass is 32.2. The zero-order valence-electron chi connectivity index (χ0n) is 11.8. The zero-order chi connectivity index (χ0) is 16.2. The number of nitriles is 1. The highest BCUT2D eigenvalue weighted by Crippen LogP contribution is 2.26. The van der Waals surface area contributed by atoms with Gasteiger partial charge in [-0.2, -0.15) is 18.4 Å². The van der Waals surface area contributed by atoms with Crippen LogP contribution in [-0.4, -0.2) is 29.4 Å². The summed E-state index contributed by atoms with van der Waals surface area (Å²) in [5, 5.41) is 11.3. The molecule has 1 heterocycles. The number of hydrogen-bond donors (Lipinski definition) is 1. The molecule has 1 rings (SSSR count). The van der Waals surface area contributed by atoms with Crippen LogP contribution < -0.4 is 5.32 Å². The number of thioether (sulfide) groups is 1. The van der Waals surface area contributed by atoms with Gasteiger partial charge in [0.25, 0.3) is 0 Å². The van der Waals surface area contributed by atoms with E-state index in [0.29, 0.717) is 10.6 Å². The number of amides is 1. The topological polar surface area (TPSA) is 65.8 Å². The van der Waals surface area contributed by atoms with Crippen molar-refractivity contribution in [2.45, 2.75) is 32.0 Å². The second-order valence-corrected chi connectivity index (χ2v) is 5.38. The molecule has 0 radical (unpaired) electrons. The zero-order valence-corrected chi connectivity index (χ0v) is 12.6. The molecule has 0 unspecified atom stereocenters. The van der Waals surface area contributed by atoms with Crippen LogP contribution in [0.5, 0.6) is 0 Å². The first kappa shape index (κ1) is 17.3. The lowest BCUT2D eigenvalue weighted by Gasteiger charge is -2.11. The van der Waals surface area contributed by atoms with Crippen LogP contribution in [0.3, 0.4) is 0 Å². The fourth-order valence-electron chi connectivity index (χ4n) is 1.53. The molecule has 0 aromatic carbocycles. The summed E-state index contributed by atoms with van der Waals surface area (Å²) in [4.78, 5) is 15.6. The second-order valence-electron chi connectivity index (χ2n) is 4.42. The average Bonchev–Trinajstić information content (AvgIpc) is 2.39. The van der Waals surface area contributed by atoms with E-state index < -0.39 is 18.6 Å². The second kappa shape index (κ2) is 6.80. The van der Waals surface area contributed by atoms with Crippen molar-refractivity contribution < 1.29 is 18.0 Å². The summed E-state index contributed by atoms with van der Waals surface area (Å²) in [7, 11) is 0. The van der Waals surface area contributed by atoms with E-state index in [2.05, 4.69) is 4.98 Å². The number of pyridine rings is 1. The number of carbonyl (C=O) groups excluding carboxylic acids is 1. The van der Waals surface area contributed by atoms with Gasteiger partial charge in [0.15, 0.2) is 0 Å². The molecular weight excluding hydrogens is 303 g/mol. The molecule has 0 aliphatic heterocycles. The summed E-state index contributed by atoms with van der Waals surface area (Å²) in [6, 6.07) is 2.02. The minimum absolute atomic E-state index is 0.223. The molecule has 114 valence electrons. The molecule has 1 aromatic rings. The molecule has 1 aromatic heterocycles. The van der Waals surface area contributed by atoms with E-state index in [1.54, 1.807) is 19.2 Å². The van der Waals surface area contributed by atoms with Crippen LogP contribution in [0.2, 0.25) is 0 Å². The van der Waals surface area contributed by atoms with Crippen molar-refractivity contribution in [1.82, 2.24) is 10.3 Å². The Morgan fingerprint density at radius 3 is 2.48 bits per heavy atom. The van der Waals surface area contributed by atoms with Crippen LogP contribution in [0.4, 0.5) is 13.2 Å². The molecule has 1 amide bonds. The summed E-state index contributed by atoms with van der Waals surface area (Å²) in [5.74, 6) is -0.974. The van der Waals surface area contributed by atoms with E-state index in [1.165, 1.54) is 0 Å². The van der Waals surface area contributed by atoms with Gasteiger partial charge >= 0.3 is 6.18 Å². The van der Waals surface area contributed by atoms with Crippen molar-refractivity contribution in [2.75, 3.05) is 12.3 Å². The monoisotopic (exact) mass is 317 g/mol. The molecule has 0 spiro atoms. The van der Waals surface area contributed by atoms with Crippen LogP contribution in [0.25, 0.3) is 0 Å². The fourth-order valence-corrected chi connectivity index (χ4v) is 2.45. The molecule has 0 aliphatic carbocycles. The lowest BCUT2D eigenvalue weighted by molar-refractivity contribution is -0.136. The molecule has 0 atom stereocenters. The average molecular weight is 317 g/mol. The standard InChI is InChI=1S/C13H14F3N3OS/c1-7-8(2)10(4-17)12(19-9(7)3)21-5-11(20)18-6-13(14,15)16/h5-6H2,1-3H3,(H,18,20). The Bertz CT molecular complexity index is 594. The molecule has 0 bridgehead atoms. The Kier molecular flexibility index (Phi) is 5.61. The van der Waals surface area contributed by atoms with Crippen LogP contribution in [-0.2, 0) is 4.79 Å². The van der Waals surface area contributed by atoms with Crippen molar-refractivity contribution in [3.63, 3.8) is 0 Å². The summed E-state index contributed by atoms with van der Waals surface area (Å²) in [6.45, 7) is 4.02. The van der Waals surface area contributed by atoms with Crippen LogP contribution in [0.15, 0.2) is 5.03 Å². The van der Waals surface area contributed by atoms with Crippen molar-refractivity contribution in [2.24, 2.45) is 0 Å². The van der Waals surface area contributed by atoms with Crippen molar-refractivity contribution in [3.05, 3.63) is 22.4 Å². The maximum absolute atomic E-state index is 12.0. The summed E-state index contributed by atoms with van der Waals surface area (Å²) >= 11 is 0.954. The van der Waals surface area contributed by atoms with Gasteiger partial charge in [0, 0.05) is 5.69 Å². The van der Waals surface area contributed by atoms with E-state index in [-0.39, 0.29) is 5.75 Å². The van der Waals surface area contributed by atoms with E-state index >= 15 is 0 Å². The van der Waals surface area contributed by atoms with Gasteiger partial charge in [-0.05, 0) is 31.9 Å². The largest absolute Gasteiger partial charge is 0.405 e. The predicted molar refractivity (Wildman–Crippen MR) is 73.0 cm³/mol. The molecule has 8 heteroatoms. The Hall–Kier alpha value is -1.75. The molecule has 0 fully saturated rings. The lowest BCUT2D eigenvalue weighted by Crippen LogP contribution is -2.34. The van der Waals surface area contributed by atoms with Gasteiger partial charge in [0.1, 0.15) is 17.6 Å². The van der Waals surface area contributed by atoms with E-state index in [0.717, 1.165) is 28.6 Å². The van der Waals surface area contributed by atoms with Gasteiger partial charge in [-0.25, -0.2) is 4.98 Å². The first-order chi connectivity index (χ1) is 9.65. The van der Waals surface area contributed by atoms with Gasteiger partial charge in [0.2, 0.25) is 5.91 Å². The van der Waals surface area contributed by atoms with E-state index in [1.807, 2.05) is 13.0 Å². The van der Waals surface area contributed by atoms with Gasteiger partial charge in [-0.3, -0.25) is 4.79 Å². The number of carbonyl (C=O) groups is 1.